The van der Waals surface area contributed by atoms with Crippen molar-refractivity contribution in [2.24, 2.45) is 0 Å². The highest BCUT2D eigenvalue weighted by Gasteiger charge is 2.31. The van der Waals surface area contributed by atoms with E-state index in [0.717, 1.165) is 11.1 Å². The van der Waals surface area contributed by atoms with Gasteiger partial charge in [-0.15, -0.1) is 0 Å². The molecule has 2 aromatic rings. The van der Waals surface area contributed by atoms with Gasteiger partial charge in [0.15, 0.2) is 6.61 Å². The molecule has 1 amide bonds. The topological polar surface area (TPSA) is 58.6 Å². The number of aliphatic hydroxyl groups is 1. The zero-order chi connectivity index (χ0) is 15.5. The van der Waals surface area contributed by atoms with Gasteiger partial charge in [0.25, 0.3) is 5.91 Å². The summed E-state index contributed by atoms with van der Waals surface area (Å²) in [5.41, 5.74) is 2.04. The third-order valence-electron chi connectivity index (χ3n) is 3.70. The highest BCUT2D eigenvalue weighted by Crippen LogP contribution is 2.31. The van der Waals surface area contributed by atoms with Crippen LogP contribution in [0, 0.1) is 0 Å². The van der Waals surface area contributed by atoms with Crippen LogP contribution in [0.4, 0.5) is 0 Å². The Bertz CT molecular complexity index is 672. The number of hydrogen-bond acceptors (Lipinski definition) is 3. The van der Waals surface area contributed by atoms with E-state index in [9.17, 15) is 9.90 Å². The number of nitrogens with one attached hydrogen (secondary N) is 1. The molecule has 2 unspecified atom stereocenters. The van der Waals surface area contributed by atoms with E-state index in [1.165, 1.54) is 0 Å². The normalized spacial score (nSPS) is 19.5. The Labute approximate surface area is 133 Å². The summed E-state index contributed by atoms with van der Waals surface area (Å²) in [5, 5.41) is 13.5. The van der Waals surface area contributed by atoms with Gasteiger partial charge in [0.1, 0.15) is 5.75 Å². The molecule has 1 aliphatic carbocycles. The Morgan fingerprint density at radius 2 is 1.95 bits per heavy atom. The standard InChI is InChI=1S/C17H16ClNO3/c18-12-5-7-13(8-6-12)22-10-16(21)19-17-14-4-2-1-3-11(14)9-15(17)20/h1-8,15,17,20H,9-10H2,(H,19,21). The van der Waals surface area contributed by atoms with Crippen LogP contribution in [-0.4, -0.2) is 23.7 Å². The van der Waals surface area contributed by atoms with Gasteiger partial charge < -0.3 is 15.2 Å². The second-order valence-corrected chi connectivity index (χ2v) is 5.69. The van der Waals surface area contributed by atoms with Crippen LogP contribution in [0.5, 0.6) is 5.75 Å². The second-order valence-electron chi connectivity index (χ2n) is 5.26. The van der Waals surface area contributed by atoms with Crippen molar-refractivity contribution in [3.05, 3.63) is 64.7 Å². The molecule has 0 spiro atoms. The number of benzene rings is 2. The predicted octanol–water partition coefficient (Wildman–Crippen LogP) is 2.49. The molecule has 1 aliphatic rings. The Balaban J connectivity index is 1.59. The zero-order valence-electron chi connectivity index (χ0n) is 11.8. The molecule has 0 heterocycles. The first-order valence-corrected chi connectivity index (χ1v) is 7.45. The van der Waals surface area contributed by atoms with Crippen molar-refractivity contribution in [3.8, 4) is 5.75 Å². The SMILES string of the molecule is O=C(COc1ccc(Cl)cc1)NC1c2ccccc2CC1O. The third-order valence-corrected chi connectivity index (χ3v) is 3.96. The Kier molecular flexibility index (Phi) is 4.32. The number of rotatable bonds is 4. The molecule has 0 radical (unpaired) electrons. The van der Waals surface area contributed by atoms with Crippen molar-refractivity contribution in [1.29, 1.82) is 0 Å². The molecule has 0 aliphatic heterocycles. The molecule has 4 nitrogen and oxygen atoms in total. The van der Waals surface area contributed by atoms with Crippen LogP contribution >= 0.6 is 11.6 Å². The minimum atomic E-state index is -0.600. The van der Waals surface area contributed by atoms with Crippen molar-refractivity contribution in [2.75, 3.05) is 6.61 Å². The van der Waals surface area contributed by atoms with Crippen molar-refractivity contribution in [1.82, 2.24) is 5.32 Å². The van der Waals surface area contributed by atoms with E-state index in [2.05, 4.69) is 5.32 Å². The van der Waals surface area contributed by atoms with Crippen LogP contribution < -0.4 is 10.1 Å². The summed E-state index contributed by atoms with van der Waals surface area (Å²) in [6, 6.07) is 14.2. The fourth-order valence-corrected chi connectivity index (χ4v) is 2.77. The van der Waals surface area contributed by atoms with Gasteiger partial charge in [-0.05, 0) is 35.4 Å². The summed E-state index contributed by atoms with van der Waals surface area (Å²) in [6.07, 6.45) is -0.0454. The average molecular weight is 318 g/mol. The smallest absolute Gasteiger partial charge is 0.258 e. The highest BCUT2D eigenvalue weighted by atomic mass is 35.5. The van der Waals surface area contributed by atoms with E-state index >= 15 is 0 Å². The fourth-order valence-electron chi connectivity index (χ4n) is 2.64. The summed E-state index contributed by atoms with van der Waals surface area (Å²) in [6.45, 7) is -0.104. The van der Waals surface area contributed by atoms with Gasteiger partial charge in [0.2, 0.25) is 0 Å². The molecule has 0 fully saturated rings. The molecular formula is C17H16ClNO3. The van der Waals surface area contributed by atoms with Crippen LogP contribution in [-0.2, 0) is 11.2 Å². The minimum Gasteiger partial charge on any atom is -0.484 e. The number of aliphatic hydroxyl groups excluding tert-OH is 1. The summed E-state index contributed by atoms with van der Waals surface area (Å²) in [5.74, 6) is 0.308. The lowest BCUT2D eigenvalue weighted by molar-refractivity contribution is -0.124. The molecule has 5 heteroatoms. The van der Waals surface area contributed by atoms with E-state index in [0.29, 0.717) is 17.2 Å². The molecule has 114 valence electrons. The lowest BCUT2D eigenvalue weighted by Crippen LogP contribution is -2.36. The zero-order valence-corrected chi connectivity index (χ0v) is 12.6. The van der Waals surface area contributed by atoms with Crippen LogP contribution in [0.1, 0.15) is 17.2 Å². The molecule has 2 N–H and O–H groups in total. The van der Waals surface area contributed by atoms with Crippen molar-refractivity contribution >= 4 is 17.5 Å². The molecule has 2 aromatic carbocycles. The molecule has 0 bridgehead atoms. The number of amides is 1. The summed E-state index contributed by atoms with van der Waals surface area (Å²) >= 11 is 5.79. The summed E-state index contributed by atoms with van der Waals surface area (Å²) in [7, 11) is 0. The van der Waals surface area contributed by atoms with Gasteiger partial charge in [-0.1, -0.05) is 35.9 Å². The Hall–Kier alpha value is -2.04. The van der Waals surface area contributed by atoms with Gasteiger partial charge in [-0.25, -0.2) is 0 Å². The third kappa shape index (κ3) is 3.24. The molecule has 2 atom stereocenters. The van der Waals surface area contributed by atoms with E-state index in [4.69, 9.17) is 16.3 Å². The van der Waals surface area contributed by atoms with Gasteiger partial charge in [0.05, 0.1) is 12.1 Å². The molecule has 0 aromatic heterocycles. The lowest BCUT2D eigenvalue weighted by atomic mass is 10.1. The maximum Gasteiger partial charge on any atom is 0.258 e. The lowest BCUT2D eigenvalue weighted by Gasteiger charge is -2.18. The molecule has 0 saturated carbocycles. The first kappa shape index (κ1) is 14.9. The van der Waals surface area contributed by atoms with Crippen LogP contribution in [0.3, 0.4) is 0 Å². The fraction of sp³-hybridized carbons (Fsp3) is 0.235. The Morgan fingerprint density at radius 1 is 1.23 bits per heavy atom. The average Bonchev–Trinajstić information content (AvgIpc) is 2.83. The first-order valence-electron chi connectivity index (χ1n) is 7.07. The Morgan fingerprint density at radius 3 is 2.73 bits per heavy atom. The van der Waals surface area contributed by atoms with E-state index in [1.807, 2.05) is 24.3 Å². The maximum absolute atomic E-state index is 12.0. The highest BCUT2D eigenvalue weighted by molar-refractivity contribution is 6.30. The maximum atomic E-state index is 12.0. The molecule has 22 heavy (non-hydrogen) atoms. The minimum absolute atomic E-state index is 0.104. The second kappa shape index (κ2) is 6.38. The number of halogens is 1. The predicted molar refractivity (Wildman–Crippen MR) is 84.0 cm³/mol. The quantitative estimate of drug-likeness (QED) is 0.911. The van der Waals surface area contributed by atoms with Crippen molar-refractivity contribution < 1.29 is 14.6 Å². The van der Waals surface area contributed by atoms with Crippen LogP contribution in [0.15, 0.2) is 48.5 Å². The van der Waals surface area contributed by atoms with Gasteiger partial charge in [0, 0.05) is 11.4 Å². The van der Waals surface area contributed by atoms with Gasteiger partial charge in [-0.2, -0.15) is 0 Å². The van der Waals surface area contributed by atoms with E-state index in [1.54, 1.807) is 24.3 Å². The van der Waals surface area contributed by atoms with Crippen molar-refractivity contribution in [3.63, 3.8) is 0 Å². The van der Waals surface area contributed by atoms with Gasteiger partial charge >= 0.3 is 0 Å². The number of fused-ring (bicyclic) bond motifs is 1. The largest absolute Gasteiger partial charge is 0.484 e. The molecule has 0 saturated heterocycles. The number of carbonyl (C=O) groups excluding carboxylic acids is 1. The summed E-state index contributed by atoms with van der Waals surface area (Å²) < 4.78 is 5.40. The van der Waals surface area contributed by atoms with Gasteiger partial charge in [-0.3, -0.25) is 4.79 Å². The molecule has 3 rings (SSSR count). The van der Waals surface area contributed by atoms with E-state index < -0.39 is 6.10 Å². The van der Waals surface area contributed by atoms with Crippen LogP contribution in [0.25, 0.3) is 0 Å². The summed E-state index contributed by atoms with van der Waals surface area (Å²) in [4.78, 5) is 12.0. The van der Waals surface area contributed by atoms with Crippen LogP contribution in [0.2, 0.25) is 5.02 Å². The molecular weight excluding hydrogens is 302 g/mol. The number of ether oxygens (including phenoxy) is 1. The van der Waals surface area contributed by atoms with E-state index in [-0.39, 0.29) is 18.6 Å². The number of carbonyl (C=O) groups is 1. The monoisotopic (exact) mass is 317 g/mol. The first-order chi connectivity index (χ1) is 10.6. The number of hydrogen-bond donors (Lipinski definition) is 2. The van der Waals surface area contributed by atoms with Crippen molar-refractivity contribution in [2.45, 2.75) is 18.6 Å².